The zero-order chi connectivity index (χ0) is 18.0. The molecule has 3 aromatic rings. The summed E-state index contributed by atoms with van der Waals surface area (Å²) < 4.78 is 47.9. The van der Waals surface area contributed by atoms with Gasteiger partial charge in [-0.25, -0.2) is 13.4 Å². The van der Waals surface area contributed by atoms with E-state index >= 15 is 0 Å². The highest BCUT2D eigenvalue weighted by Crippen LogP contribution is 2.27. The third-order valence-corrected chi connectivity index (χ3v) is 6.15. The van der Waals surface area contributed by atoms with Gasteiger partial charge in [0.1, 0.15) is 0 Å². The summed E-state index contributed by atoms with van der Waals surface area (Å²) in [6.45, 7) is 2.03. The Hall–Kier alpha value is -1.99. The second-order valence-corrected chi connectivity index (χ2v) is 8.45. The molecule has 0 aliphatic carbocycles. The van der Waals surface area contributed by atoms with Gasteiger partial charge in [-0.2, -0.15) is 8.78 Å². The van der Waals surface area contributed by atoms with Crippen molar-refractivity contribution >= 4 is 32.5 Å². The number of nitrogens with zero attached hydrogens (tertiary/aromatic N) is 1. The maximum Gasteiger partial charge on any atom is 0.341 e. The number of aromatic nitrogens is 1. The van der Waals surface area contributed by atoms with Gasteiger partial charge >= 0.3 is 5.76 Å². The zero-order valence-electron chi connectivity index (χ0n) is 13.3. The molecule has 2 aromatic carbocycles. The molecule has 0 N–H and O–H groups in total. The topological polar surface area (TPSA) is 47.0 Å². The molecule has 0 aliphatic rings. The standard InChI is InChI=1S/C18H15F2NO2S2/c1-12-10-17(21-16-5-3-2-4-15(12)16)24-11-13-6-8-14(9-7-13)25(22,23)18(19)20/h2-10,18H,11H2,1H3. The molecule has 0 amide bonds. The molecule has 0 aliphatic heterocycles. The van der Waals surface area contributed by atoms with Crippen LogP contribution in [0, 0.1) is 6.92 Å². The first kappa shape index (κ1) is 17.8. The van der Waals surface area contributed by atoms with Crippen LogP contribution in [0.1, 0.15) is 11.1 Å². The van der Waals surface area contributed by atoms with E-state index in [9.17, 15) is 17.2 Å². The lowest BCUT2D eigenvalue weighted by molar-refractivity contribution is 0.234. The maximum atomic E-state index is 12.5. The fourth-order valence-electron chi connectivity index (χ4n) is 2.43. The Labute approximate surface area is 149 Å². The maximum absolute atomic E-state index is 12.5. The van der Waals surface area contributed by atoms with Gasteiger partial charge in [0.2, 0.25) is 9.84 Å². The lowest BCUT2D eigenvalue weighted by atomic mass is 10.1. The third kappa shape index (κ3) is 3.82. The van der Waals surface area contributed by atoms with Crippen LogP contribution < -0.4 is 0 Å². The molecule has 0 atom stereocenters. The van der Waals surface area contributed by atoms with Crippen molar-refractivity contribution in [2.45, 2.75) is 28.4 Å². The van der Waals surface area contributed by atoms with E-state index in [1.165, 1.54) is 23.9 Å². The quantitative estimate of drug-likeness (QED) is 0.596. The molecule has 0 spiro atoms. The molecule has 1 aromatic heterocycles. The number of sulfone groups is 1. The smallest absolute Gasteiger partial charge is 0.241 e. The minimum Gasteiger partial charge on any atom is -0.241 e. The van der Waals surface area contributed by atoms with Crippen LogP contribution in [-0.2, 0) is 15.6 Å². The van der Waals surface area contributed by atoms with Crippen molar-refractivity contribution in [2.75, 3.05) is 0 Å². The van der Waals surface area contributed by atoms with Gasteiger partial charge in [0, 0.05) is 11.1 Å². The van der Waals surface area contributed by atoms with Crippen molar-refractivity contribution < 1.29 is 17.2 Å². The number of halogens is 2. The van der Waals surface area contributed by atoms with Crippen molar-refractivity contribution in [1.82, 2.24) is 4.98 Å². The number of aryl methyl sites for hydroxylation is 1. The summed E-state index contributed by atoms with van der Waals surface area (Å²) in [5, 5.41) is 1.97. The van der Waals surface area contributed by atoms with Gasteiger partial charge in [-0.15, -0.1) is 11.8 Å². The molecule has 0 bridgehead atoms. The van der Waals surface area contributed by atoms with Crippen LogP contribution in [-0.4, -0.2) is 19.2 Å². The minimum atomic E-state index is -4.54. The average Bonchev–Trinajstić information content (AvgIpc) is 2.60. The normalized spacial score (nSPS) is 12.0. The van der Waals surface area contributed by atoms with Crippen LogP contribution in [0.25, 0.3) is 10.9 Å². The Morgan fingerprint density at radius 1 is 1.08 bits per heavy atom. The zero-order valence-corrected chi connectivity index (χ0v) is 14.9. The summed E-state index contributed by atoms with van der Waals surface area (Å²) in [4.78, 5) is 4.23. The predicted molar refractivity (Wildman–Crippen MR) is 95.7 cm³/mol. The molecule has 0 saturated heterocycles. The number of rotatable bonds is 5. The van der Waals surface area contributed by atoms with Crippen molar-refractivity contribution in [3.63, 3.8) is 0 Å². The lowest BCUT2D eigenvalue weighted by Crippen LogP contribution is -2.11. The van der Waals surface area contributed by atoms with E-state index in [1.54, 1.807) is 12.1 Å². The van der Waals surface area contributed by atoms with Crippen LogP contribution in [0.3, 0.4) is 0 Å². The van der Waals surface area contributed by atoms with Crippen LogP contribution in [0.5, 0.6) is 0 Å². The molecule has 130 valence electrons. The van der Waals surface area contributed by atoms with Gasteiger partial charge in [0.15, 0.2) is 0 Å². The van der Waals surface area contributed by atoms with E-state index in [4.69, 9.17) is 0 Å². The number of pyridine rings is 1. The average molecular weight is 379 g/mol. The van der Waals surface area contributed by atoms with Gasteiger partial charge in [-0.1, -0.05) is 30.3 Å². The summed E-state index contributed by atoms with van der Waals surface area (Å²) >= 11 is 1.51. The largest absolute Gasteiger partial charge is 0.341 e. The number of thioether (sulfide) groups is 1. The summed E-state index contributed by atoms with van der Waals surface area (Å²) in [6.07, 6.45) is 0. The van der Waals surface area contributed by atoms with E-state index in [0.29, 0.717) is 5.75 Å². The summed E-state index contributed by atoms with van der Waals surface area (Å²) in [5.74, 6) is -2.84. The Kier molecular flexibility index (Phi) is 5.06. The molecule has 0 fully saturated rings. The fraction of sp³-hybridized carbons (Fsp3) is 0.167. The molecule has 3 nitrogen and oxygen atoms in total. The second kappa shape index (κ2) is 7.09. The number of alkyl halides is 2. The van der Waals surface area contributed by atoms with E-state index < -0.39 is 15.6 Å². The van der Waals surface area contributed by atoms with E-state index in [0.717, 1.165) is 27.1 Å². The Bertz CT molecular complexity index is 1000. The molecule has 0 unspecified atom stereocenters. The lowest BCUT2D eigenvalue weighted by Gasteiger charge is -2.07. The first-order valence-electron chi connectivity index (χ1n) is 7.48. The van der Waals surface area contributed by atoms with Crippen molar-refractivity contribution in [2.24, 2.45) is 0 Å². The molecule has 25 heavy (non-hydrogen) atoms. The Balaban J connectivity index is 1.76. The first-order chi connectivity index (χ1) is 11.9. The van der Waals surface area contributed by atoms with Crippen molar-refractivity contribution in [3.05, 3.63) is 65.7 Å². The van der Waals surface area contributed by atoms with Gasteiger partial charge in [0.05, 0.1) is 15.4 Å². The molecule has 1 heterocycles. The molecular weight excluding hydrogens is 364 g/mol. The second-order valence-electron chi connectivity index (χ2n) is 5.53. The minimum absolute atomic E-state index is 0.365. The summed E-state index contributed by atoms with van der Waals surface area (Å²) in [5.41, 5.74) is 2.89. The number of hydrogen-bond acceptors (Lipinski definition) is 4. The molecule has 0 radical (unpaired) electrons. The van der Waals surface area contributed by atoms with E-state index in [1.807, 2.05) is 37.3 Å². The van der Waals surface area contributed by atoms with Crippen LogP contribution >= 0.6 is 11.8 Å². The molecule has 0 saturated carbocycles. The van der Waals surface area contributed by atoms with E-state index in [-0.39, 0.29) is 4.90 Å². The highest BCUT2D eigenvalue weighted by molar-refractivity contribution is 7.98. The number of para-hydroxylation sites is 1. The summed E-state index contributed by atoms with van der Waals surface area (Å²) in [7, 11) is -4.54. The summed E-state index contributed by atoms with van der Waals surface area (Å²) in [6, 6.07) is 15.4. The highest BCUT2D eigenvalue weighted by atomic mass is 32.2. The number of benzene rings is 2. The van der Waals surface area contributed by atoms with Gasteiger partial charge in [-0.05, 0) is 42.3 Å². The Morgan fingerprint density at radius 2 is 1.76 bits per heavy atom. The fourth-order valence-corrected chi connectivity index (χ4v) is 4.08. The highest BCUT2D eigenvalue weighted by Gasteiger charge is 2.26. The van der Waals surface area contributed by atoms with Crippen molar-refractivity contribution in [1.29, 1.82) is 0 Å². The molecule has 7 heteroatoms. The SMILES string of the molecule is Cc1cc(SCc2ccc(S(=O)(=O)C(F)F)cc2)nc2ccccc12. The number of fused-ring (bicyclic) bond motifs is 1. The van der Waals surface area contributed by atoms with Gasteiger partial charge in [0.25, 0.3) is 0 Å². The van der Waals surface area contributed by atoms with Crippen LogP contribution in [0.4, 0.5) is 8.78 Å². The van der Waals surface area contributed by atoms with Gasteiger partial charge < -0.3 is 0 Å². The molecular formula is C18H15F2NO2S2. The Morgan fingerprint density at radius 3 is 2.44 bits per heavy atom. The monoisotopic (exact) mass is 379 g/mol. The number of hydrogen-bond donors (Lipinski definition) is 0. The first-order valence-corrected chi connectivity index (χ1v) is 10.0. The third-order valence-electron chi connectivity index (χ3n) is 3.77. The van der Waals surface area contributed by atoms with E-state index in [2.05, 4.69) is 4.98 Å². The predicted octanol–water partition coefficient (Wildman–Crippen LogP) is 4.83. The van der Waals surface area contributed by atoms with Gasteiger partial charge in [-0.3, -0.25) is 0 Å². The van der Waals surface area contributed by atoms with Crippen LogP contribution in [0.2, 0.25) is 0 Å². The van der Waals surface area contributed by atoms with Crippen LogP contribution in [0.15, 0.2) is 64.5 Å². The molecule has 3 rings (SSSR count). The van der Waals surface area contributed by atoms with Crippen molar-refractivity contribution in [3.8, 4) is 0 Å².